The van der Waals surface area contributed by atoms with Crippen molar-refractivity contribution < 1.29 is 14.3 Å². The summed E-state index contributed by atoms with van der Waals surface area (Å²) >= 11 is 1.46. The number of esters is 1. The van der Waals surface area contributed by atoms with E-state index in [1.54, 1.807) is 31.2 Å². The summed E-state index contributed by atoms with van der Waals surface area (Å²) in [6.07, 6.45) is 4.41. The fourth-order valence-electron chi connectivity index (χ4n) is 3.86. The number of anilines is 1. The van der Waals surface area contributed by atoms with Crippen molar-refractivity contribution in [3.8, 4) is 0 Å². The second kappa shape index (κ2) is 9.30. The Morgan fingerprint density at radius 3 is 2.60 bits per heavy atom. The Labute approximate surface area is 180 Å². The van der Waals surface area contributed by atoms with E-state index < -0.39 is 5.97 Å². The van der Waals surface area contributed by atoms with E-state index in [0.29, 0.717) is 11.3 Å². The molecule has 0 fully saturated rings. The Hall–Kier alpha value is -2.86. The molecule has 1 aliphatic rings. The molecule has 1 amide bonds. The van der Waals surface area contributed by atoms with Crippen LogP contribution in [-0.4, -0.2) is 29.2 Å². The summed E-state index contributed by atoms with van der Waals surface area (Å²) in [6.45, 7) is 2.04. The van der Waals surface area contributed by atoms with E-state index in [4.69, 9.17) is 9.72 Å². The van der Waals surface area contributed by atoms with Crippen molar-refractivity contribution in [2.75, 3.05) is 17.7 Å². The van der Waals surface area contributed by atoms with Crippen LogP contribution in [0.2, 0.25) is 0 Å². The monoisotopic (exact) mass is 420 g/mol. The molecule has 0 saturated heterocycles. The number of ether oxygens (including phenoxy) is 1. The second-order valence-electron chi connectivity index (χ2n) is 7.20. The van der Waals surface area contributed by atoms with Gasteiger partial charge in [-0.2, -0.15) is 0 Å². The van der Waals surface area contributed by atoms with Crippen LogP contribution in [0.5, 0.6) is 0 Å². The first kappa shape index (κ1) is 20.4. The zero-order valence-electron chi connectivity index (χ0n) is 16.9. The van der Waals surface area contributed by atoms with Gasteiger partial charge in [-0.05, 0) is 61.9 Å². The molecule has 0 atom stereocenters. The van der Waals surface area contributed by atoms with E-state index in [1.807, 2.05) is 12.1 Å². The van der Waals surface area contributed by atoms with Gasteiger partial charge in [-0.3, -0.25) is 4.79 Å². The van der Waals surface area contributed by atoms with Crippen LogP contribution in [0.15, 0.2) is 53.6 Å². The number of hydrogen-bond acceptors (Lipinski definition) is 5. The molecule has 5 nitrogen and oxygen atoms in total. The third kappa shape index (κ3) is 4.33. The second-order valence-corrected chi connectivity index (χ2v) is 8.17. The van der Waals surface area contributed by atoms with Gasteiger partial charge in [-0.1, -0.05) is 42.1 Å². The number of pyridine rings is 1. The molecule has 0 radical (unpaired) electrons. The summed E-state index contributed by atoms with van der Waals surface area (Å²) in [5.41, 5.74) is 4.47. The highest BCUT2D eigenvalue weighted by Crippen LogP contribution is 2.34. The van der Waals surface area contributed by atoms with Crippen LogP contribution in [0.3, 0.4) is 0 Å². The number of aryl methyl sites for hydroxylation is 1. The lowest BCUT2D eigenvalue weighted by Crippen LogP contribution is -2.18. The maximum atomic E-state index is 12.6. The first-order valence-corrected chi connectivity index (χ1v) is 11.2. The third-order valence-corrected chi connectivity index (χ3v) is 6.23. The van der Waals surface area contributed by atoms with Crippen LogP contribution in [0.25, 0.3) is 10.9 Å². The molecule has 1 aliphatic carbocycles. The number of para-hydroxylation sites is 2. The van der Waals surface area contributed by atoms with Crippen molar-refractivity contribution in [3.63, 3.8) is 0 Å². The zero-order chi connectivity index (χ0) is 20.9. The van der Waals surface area contributed by atoms with Crippen molar-refractivity contribution in [3.05, 3.63) is 65.2 Å². The summed E-state index contributed by atoms with van der Waals surface area (Å²) in [5.74, 6) is -0.378. The Morgan fingerprint density at radius 2 is 1.77 bits per heavy atom. The number of aromatic nitrogens is 1. The van der Waals surface area contributed by atoms with Gasteiger partial charge >= 0.3 is 5.97 Å². The Bertz CT molecular complexity index is 1100. The number of benzene rings is 2. The van der Waals surface area contributed by atoms with Crippen LogP contribution in [0, 0.1) is 0 Å². The van der Waals surface area contributed by atoms with Crippen molar-refractivity contribution >= 4 is 40.2 Å². The molecule has 0 saturated carbocycles. The molecule has 0 spiro atoms. The van der Waals surface area contributed by atoms with Gasteiger partial charge in [-0.15, -0.1) is 0 Å². The molecule has 154 valence electrons. The highest BCUT2D eigenvalue weighted by atomic mass is 32.2. The van der Waals surface area contributed by atoms with Gasteiger partial charge in [-0.25, -0.2) is 9.78 Å². The van der Waals surface area contributed by atoms with Crippen LogP contribution < -0.4 is 5.32 Å². The maximum Gasteiger partial charge on any atom is 0.340 e. The molecule has 0 bridgehead atoms. The highest BCUT2D eigenvalue weighted by molar-refractivity contribution is 8.00. The molecule has 30 heavy (non-hydrogen) atoms. The van der Waals surface area contributed by atoms with Crippen LogP contribution >= 0.6 is 11.8 Å². The molecule has 0 aliphatic heterocycles. The highest BCUT2D eigenvalue weighted by Gasteiger charge is 2.20. The average Bonchev–Trinajstić information content (AvgIpc) is 2.78. The molecular formula is C24H24N2O3S. The van der Waals surface area contributed by atoms with Gasteiger partial charge in [0.25, 0.3) is 0 Å². The lowest BCUT2D eigenvalue weighted by molar-refractivity contribution is -0.113. The minimum Gasteiger partial charge on any atom is -0.462 e. The lowest BCUT2D eigenvalue weighted by atomic mass is 9.90. The van der Waals surface area contributed by atoms with Crippen molar-refractivity contribution in [2.45, 2.75) is 37.6 Å². The number of rotatable bonds is 6. The predicted molar refractivity (Wildman–Crippen MR) is 120 cm³/mol. The fourth-order valence-corrected chi connectivity index (χ4v) is 4.76. The normalized spacial score (nSPS) is 13.0. The van der Waals surface area contributed by atoms with Crippen LogP contribution in [-0.2, 0) is 22.4 Å². The zero-order valence-corrected chi connectivity index (χ0v) is 17.8. The quantitative estimate of drug-likeness (QED) is 0.448. The third-order valence-electron chi connectivity index (χ3n) is 5.21. The van der Waals surface area contributed by atoms with E-state index in [9.17, 15) is 9.59 Å². The van der Waals surface area contributed by atoms with Gasteiger partial charge in [0.1, 0.15) is 5.03 Å². The molecule has 3 aromatic rings. The molecule has 2 aromatic carbocycles. The van der Waals surface area contributed by atoms with Gasteiger partial charge in [0, 0.05) is 5.39 Å². The summed E-state index contributed by atoms with van der Waals surface area (Å²) in [4.78, 5) is 29.6. The minimum atomic E-state index is -0.439. The molecule has 0 unspecified atom stereocenters. The Balaban J connectivity index is 1.52. The molecule has 6 heteroatoms. The molecule has 4 rings (SSSR count). The van der Waals surface area contributed by atoms with Gasteiger partial charge in [0.05, 0.1) is 29.1 Å². The van der Waals surface area contributed by atoms with E-state index in [1.165, 1.54) is 34.7 Å². The fraction of sp³-hybridized carbons (Fsp3) is 0.292. The molecular weight excluding hydrogens is 396 g/mol. The smallest absolute Gasteiger partial charge is 0.340 e. The summed E-state index contributed by atoms with van der Waals surface area (Å²) in [5, 5.41) is 5.02. The first-order valence-electron chi connectivity index (χ1n) is 10.3. The number of carbonyl (C=O) groups is 2. The summed E-state index contributed by atoms with van der Waals surface area (Å²) in [7, 11) is 0. The molecule has 1 aromatic heterocycles. The Morgan fingerprint density at radius 1 is 1.03 bits per heavy atom. The van der Waals surface area contributed by atoms with Gasteiger partial charge in [0.15, 0.2) is 0 Å². The summed E-state index contributed by atoms with van der Waals surface area (Å²) in [6, 6.07) is 15.1. The van der Waals surface area contributed by atoms with E-state index >= 15 is 0 Å². The number of hydrogen-bond donors (Lipinski definition) is 1. The predicted octanol–water partition coefficient (Wildman–Crippen LogP) is 5.02. The number of fused-ring (bicyclic) bond motifs is 3. The maximum absolute atomic E-state index is 12.6. The number of amides is 1. The largest absolute Gasteiger partial charge is 0.462 e. The standard InChI is InChI=1S/C24H24N2O3S/c1-2-29-24(28)19-12-6-8-14-21(19)25-22(27)15-30-23-18-11-4-3-9-16(18)17-10-5-7-13-20(17)26-23/h5-8,10,12-14H,2-4,9,11,15H2,1H3,(H,25,27). The Kier molecular flexibility index (Phi) is 6.33. The molecule has 1 heterocycles. The van der Waals surface area contributed by atoms with Crippen molar-refractivity contribution in [1.29, 1.82) is 0 Å². The summed E-state index contributed by atoms with van der Waals surface area (Å²) < 4.78 is 5.08. The van der Waals surface area contributed by atoms with Gasteiger partial charge in [0.2, 0.25) is 5.91 Å². The first-order chi connectivity index (χ1) is 14.7. The van der Waals surface area contributed by atoms with Crippen molar-refractivity contribution in [1.82, 2.24) is 4.98 Å². The topological polar surface area (TPSA) is 68.3 Å². The van der Waals surface area contributed by atoms with E-state index in [2.05, 4.69) is 17.4 Å². The number of carbonyl (C=O) groups excluding carboxylic acids is 2. The van der Waals surface area contributed by atoms with Crippen molar-refractivity contribution in [2.24, 2.45) is 0 Å². The van der Waals surface area contributed by atoms with E-state index in [0.717, 1.165) is 29.8 Å². The SMILES string of the molecule is CCOC(=O)c1ccccc1NC(=O)CSc1nc2ccccc2c2c1CCCC2. The minimum absolute atomic E-state index is 0.170. The number of nitrogens with one attached hydrogen (secondary N) is 1. The van der Waals surface area contributed by atoms with E-state index in [-0.39, 0.29) is 18.3 Å². The van der Waals surface area contributed by atoms with Gasteiger partial charge < -0.3 is 10.1 Å². The van der Waals surface area contributed by atoms with Crippen LogP contribution in [0.1, 0.15) is 41.3 Å². The average molecular weight is 421 g/mol. The van der Waals surface area contributed by atoms with Crippen LogP contribution in [0.4, 0.5) is 5.69 Å². The lowest BCUT2D eigenvalue weighted by Gasteiger charge is -2.20. The number of thioether (sulfide) groups is 1. The molecule has 1 N–H and O–H groups in total. The number of nitrogens with zero attached hydrogens (tertiary/aromatic N) is 1.